The van der Waals surface area contributed by atoms with Gasteiger partial charge in [-0.3, -0.25) is 4.79 Å². The van der Waals surface area contributed by atoms with Crippen molar-refractivity contribution >= 4 is 6.29 Å². The molecular weight excluding hydrogens is 256 g/mol. The average molecular weight is 272 g/mol. The van der Waals surface area contributed by atoms with Crippen molar-refractivity contribution in [2.24, 2.45) is 0 Å². The molecule has 0 N–H and O–H groups in total. The molecule has 1 heteroatoms. The van der Waals surface area contributed by atoms with Gasteiger partial charge in [0.05, 0.1) is 0 Å². The van der Waals surface area contributed by atoms with E-state index in [1.165, 1.54) is 30.4 Å². The fraction of sp³-hybridized carbons (Fsp3) is 0.250. The Hall–Kier alpha value is -2.33. The number of hydrogen-bond acceptors (Lipinski definition) is 1. The fourth-order valence-corrected chi connectivity index (χ4v) is 3.77. The summed E-state index contributed by atoms with van der Waals surface area (Å²) in [5, 5.41) is 0. The largest absolute Gasteiger partial charge is 0.298 e. The summed E-state index contributed by atoms with van der Waals surface area (Å²) in [5.74, 6) is 7.73. The fourth-order valence-electron chi connectivity index (χ4n) is 3.77. The molecule has 0 spiro atoms. The average Bonchev–Trinajstić information content (AvgIpc) is 3.15. The molecule has 4 rings (SSSR count). The van der Waals surface area contributed by atoms with Crippen LogP contribution in [0.4, 0.5) is 0 Å². The Balaban J connectivity index is 1.78. The predicted octanol–water partition coefficient (Wildman–Crippen LogP) is 4.26. The number of benzene rings is 2. The van der Waals surface area contributed by atoms with E-state index in [-0.39, 0.29) is 0 Å². The van der Waals surface area contributed by atoms with Crippen LogP contribution < -0.4 is 0 Å². The third kappa shape index (κ3) is 2.08. The van der Waals surface area contributed by atoms with Gasteiger partial charge >= 0.3 is 0 Å². The van der Waals surface area contributed by atoms with Crippen molar-refractivity contribution in [1.82, 2.24) is 0 Å². The number of rotatable bonds is 1. The molecule has 102 valence electrons. The second-order valence-corrected chi connectivity index (χ2v) is 6.01. The van der Waals surface area contributed by atoms with E-state index in [1.807, 2.05) is 30.3 Å². The highest BCUT2D eigenvalue weighted by Crippen LogP contribution is 2.53. The number of hydrogen-bond donors (Lipinski definition) is 0. The van der Waals surface area contributed by atoms with Gasteiger partial charge in [-0.25, -0.2) is 0 Å². The Morgan fingerprint density at radius 2 is 1.67 bits per heavy atom. The third-order valence-electron chi connectivity index (χ3n) is 4.81. The molecule has 2 bridgehead atoms. The molecule has 2 atom stereocenters. The van der Waals surface area contributed by atoms with Gasteiger partial charge in [0.15, 0.2) is 6.29 Å². The highest BCUT2D eigenvalue weighted by atomic mass is 16.1. The highest BCUT2D eigenvalue weighted by Gasteiger charge is 2.37. The number of carbonyl (C=O) groups excluding carboxylic acids is 1. The Bertz CT molecular complexity index is 762. The zero-order valence-electron chi connectivity index (χ0n) is 11.8. The maximum atomic E-state index is 11.4. The van der Waals surface area contributed by atoms with Crippen LogP contribution in [0.5, 0.6) is 0 Å². The summed E-state index contributed by atoms with van der Waals surface area (Å²) in [5.41, 5.74) is 5.44. The summed E-state index contributed by atoms with van der Waals surface area (Å²) in [6.45, 7) is 0. The molecule has 2 aliphatic rings. The Morgan fingerprint density at radius 1 is 0.952 bits per heavy atom. The Labute approximate surface area is 125 Å². The van der Waals surface area contributed by atoms with Crippen LogP contribution in [0.3, 0.4) is 0 Å². The molecule has 1 nitrogen and oxygen atoms in total. The van der Waals surface area contributed by atoms with Gasteiger partial charge in [0, 0.05) is 16.7 Å². The first-order chi connectivity index (χ1) is 10.3. The van der Waals surface area contributed by atoms with Crippen LogP contribution >= 0.6 is 0 Å². The summed E-state index contributed by atoms with van der Waals surface area (Å²) < 4.78 is 0. The van der Waals surface area contributed by atoms with Crippen LogP contribution in [0.2, 0.25) is 0 Å². The molecular formula is C20H16O. The lowest BCUT2D eigenvalue weighted by Crippen LogP contribution is -2.01. The predicted molar refractivity (Wildman–Crippen MR) is 83.6 cm³/mol. The van der Waals surface area contributed by atoms with Crippen molar-refractivity contribution in [2.75, 3.05) is 0 Å². The first kappa shape index (κ1) is 12.4. The molecule has 2 aromatic rings. The van der Waals surface area contributed by atoms with E-state index in [1.54, 1.807) is 0 Å². The van der Waals surface area contributed by atoms with E-state index < -0.39 is 0 Å². The summed E-state index contributed by atoms with van der Waals surface area (Å²) >= 11 is 0. The van der Waals surface area contributed by atoms with Crippen LogP contribution in [0.25, 0.3) is 0 Å². The van der Waals surface area contributed by atoms with E-state index >= 15 is 0 Å². The van der Waals surface area contributed by atoms with Crippen LogP contribution in [0.1, 0.15) is 63.7 Å². The molecule has 0 aromatic heterocycles. The molecule has 1 saturated carbocycles. The van der Waals surface area contributed by atoms with Gasteiger partial charge in [-0.05, 0) is 66.5 Å². The summed E-state index contributed by atoms with van der Waals surface area (Å²) in [4.78, 5) is 11.4. The van der Waals surface area contributed by atoms with Crippen molar-refractivity contribution in [3.8, 4) is 11.8 Å². The molecule has 0 heterocycles. The third-order valence-corrected chi connectivity index (χ3v) is 4.81. The standard InChI is InChI=1S/C20H16O/c21-13-18-12-20-17-9-8-16(10-17)19(20)11-15(18)7-6-14-4-2-1-3-5-14/h1-5,11-13,16-17H,8-10H2. The zero-order valence-corrected chi connectivity index (χ0v) is 11.8. The minimum atomic E-state index is 0.680. The maximum absolute atomic E-state index is 11.4. The summed E-state index contributed by atoms with van der Waals surface area (Å²) in [6.07, 6.45) is 4.79. The second kappa shape index (κ2) is 4.90. The minimum absolute atomic E-state index is 0.680. The molecule has 0 saturated heterocycles. The maximum Gasteiger partial charge on any atom is 0.151 e. The van der Waals surface area contributed by atoms with Crippen LogP contribution in [0, 0.1) is 11.8 Å². The molecule has 0 amide bonds. The normalized spacial score (nSPS) is 21.5. The van der Waals surface area contributed by atoms with Gasteiger partial charge in [-0.15, -0.1) is 0 Å². The SMILES string of the molecule is O=Cc1cc2c(cc1C#Cc1ccccc1)C1CCC2C1. The van der Waals surface area contributed by atoms with E-state index in [0.29, 0.717) is 11.8 Å². The lowest BCUT2D eigenvalue weighted by molar-refractivity contribution is 0.112. The van der Waals surface area contributed by atoms with Gasteiger partial charge in [0.2, 0.25) is 0 Å². The number of aldehydes is 1. The van der Waals surface area contributed by atoms with Gasteiger partial charge in [0.25, 0.3) is 0 Å². The van der Waals surface area contributed by atoms with Crippen molar-refractivity contribution in [3.63, 3.8) is 0 Å². The van der Waals surface area contributed by atoms with Crippen molar-refractivity contribution in [2.45, 2.75) is 31.1 Å². The lowest BCUT2D eigenvalue weighted by Gasteiger charge is -2.16. The van der Waals surface area contributed by atoms with Gasteiger partial charge in [-0.1, -0.05) is 30.0 Å². The van der Waals surface area contributed by atoms with E-state index in [4.69, 9.17) is 0 Å². The molecule has 2 unspecified atom stereocenters. The first-order valence-electron chi connectivity index (χ1n) is 7.55. The van der Waals surface area contributed by atoms with E-state index in [0.717, 1.165) is 23.0 Å². The molecule has 1 fully saturated rings. The second-order valence-electron chi connectivity index (χ2n) is 6.01. The first-order valence-corrected chi connectivity index (χ1v) is 7.55. The molecule has 2 aliphatic carbocycles. The Morgan fingerprint density at radius 3 is 2.38 bits per heavy atom. The lowest BCUT2D eigenvalue weighted by atomic mass is 9.88. The molecule has 0 aliphatic heterocycles. The topological polar surface area (TPSA) is 17.1 Å². The monoisotopic (exact) mass is 272 g/mol. The van der Waals surface area contributed by atoms with Gasteiger partial charge in [-0.2, -0.15) is 0 Å². The van der Waals surface area contributed by atoms with E-state index in [9.17, 15) is 4.79 Å². The van der Waals surface area contributed by atoms with Crippen LogP contribution in [-0.2, 0) is 0 Å². The minimum Gasteiger partial charge on any atom is -0.298 e. The van der Waals surface area contributed by atoms with Gasteiger partial charge < -0.3 is 0 Å². The molecule has 21 heavy (non-hydrogen) atoms. The van der Waals surface area contributed by atoms with E-state index in [2.05, 4.69) is 24.0 Å². The Kier molecular flexibility index (Phi) is 2.89. The zero-order chi connectivity index (χ0) is 14.2. The number of fused-ring (bicyclic) bond motifs is 5. The summed E-state index contributed by atoms with van der Waals surface area (Å²) in [7, 11) is 0. The highest BCUT2D eigenvalue weighted by molar-refractivity contribution is 5.81. The molecule has 2 aromatic carbocycles. The van der Waals surface area contributed by atoms with Gasteiger partial charge in [0.1, 0.15) is 0 Å². The van der Waals surface area contributed by atoms with Crippen molar-refractivity contribution < 1.29 is 4.79 Å². The smallest absolute Gasteiger partial charge is 0.151 e. The van der Waals surface area contributed by atoms with Crippen LogP contribution in [0.15, 0.2) is 42.5 Å². The van der Waals surface area contributed by atoms with Crippen molar-refractivity contribution in [3.05, 3.63) is 70.3 Å². The number of carbonyl (C=O) groups is 1. The molecule has 0 radical (unpaired) electrons. The summed E-state index contributed by atoms with van der Waals surface area (Å²) in [6, 6.07) is 14.2. The van der Waals surface area contributed by atoms with Crippen LogP contribution in [-0.4, -0.2) is 6.29 Å². The quantitative estimate of drug-likeness (QED) is 0.560. The van der Waals surface area contributed by atoms with Crippen molar-refractivity contribution in [1.29, 1.82) is 0 Å².